The Balaban J connectivity index is 2.43. The fourth-order valence-electron chi connectivity index (χ4n) is 1.49. The molecule has 1 aliphatic rings. The minimum absolute atomic E-state index is 0.885. The van der Waals surface area contributed by atoms with E-state index in [9.17, 15) is 0 Å². The van der Waals surface area contributed by atoms with E-state index in [-0.39, 0.29) is 0 Å². The van der Waals surface area contributed by atoms with Crippen LogP contribution in [0.25, 0.3) is 0 Å². The molecule has 1 heteroatoms. The van der Waals surface area contributed by atoms with Crippen molar-refractivity contribution >= 4 is 0 Å². The fourth-order valence-corrected chi connectivity index (χ4v) is 1.49. The van der Waals surface area contributed by atoms with Crippen molar-refractivity contribution in [1.82, 2.24) is 0 Å². The standard InChI is InChI=1S/C10H12O/c1-8-4-5-10-9(7-8)3-2-6-11-10/h4-5,7H,2-3,6H2,1H3. The second-order valence-corrected chi connectivity index (χ2v) is 3.06. The van der Waals surface area contributed by atoms with Crippen LogP contribution in [0.5, 0.6) is 5.75 Å². The Morgan fingerprint density at radius 3 is 3.18 bits per heavy atom. The van der Waals surface area contributed by atoms with E-state index in [1.165, 1.54) is 17.5 Å². The summed E-state index contributed by atoms with van der Waals surface area (Å²) < 4.78 is 5.48. The van der Waals surface area contributed by atoms with Crippen molar-refractivity contribution in [2.75, 3.05) is 6.61 Å². The first-order valence-electron chi connectivity index (χ1n) is 4.08. The fraction of sp³-hybridized carbons (Fsp3) is 0.400. The summed E-state index contributed by atoms with van der Waals surface area (Å²) in [5, 5.41) is 0. The third kappa shape index (κ3) is 1.23. The highest BCUT2D eigenvalue weighted by molar-refractivity contribution is 5.37. The van der Waals surface area contributed by atoms with Crippen LogP contribution in [0.15, 0.2) is 18.2 Å². The maximum absolute atomic E-state index is 5.48. The van der Waals surface area contributed by atoms with Gasteiger partial charge < -0.3 is 4.74 Å². The zero-order valence-corrected chi connectivity index (χ0v) is 6.76. The molecule has 0 aromatic heterocycles. The lowest BCUT2D eigenvalue weighted by molar-refractivity contribution is 0.288. The van der Waals surface area contributed by atoms with Crippen LogP contribution in [0, 0.1) is 6.92 Å². The predicted octanol–water partition coefficient (Wildman–Crippen LogP) is 2.32. The zero-order valence-electron chi connectivity index (χ0n) is 6.76. The summed E-state index contributed by atoms with van der Waals surface area (Å²) in [6.45, 7) is 3.00. The van der Waals surface area contributed by atoms with Crippen LogP contribution < -0.4 is 4.74 Å². The Bertz CT molecular complexity index is 266. The van der Waals surface area contributed by atoms with Crippen molar-refractivity contribution in [3.63, 3.8) is 0 Å². The first-order chi connectivity index (χ1) is 5.36. The Kier molecular flexibility index (Phi) is 1.57. The maximum Gasteiger partial charge on any atom is 0.122 e. The summed E-state index contributed by atoms with van der Waals surface area (Å²) in [6, 6.07) is 6.39. The van der Waals surface area contributed by atoms with Crippen molar-refractivity contribution in [3.8, 4) is 5.75 Å². The molecule has 0 spiro atoms. The van der Waals surface area contributed by atoms with Gasteiger partial charge in [-0.25, -0.2) is 0 Å². The van der Waals surface area contributed by atoms with Crippen molar-refractivity contribution in [1.29, 1.82) is 0 Å². The Morgan fingerprint density at radius 2 is 2.27 bits per heavy atom. The Hall–Kier alpha value is -0.980. The van der Waals surface area contributed by atoms with E-state index < -0.39 is 0 Å². The van der Waals surface area contributed by atoms with Crippen LogP contribution in [-0.4, -0.2) is 6.61 Å². The minimum atomic E-state index is 0.885. The average molecular weight is 148 g/mol. The van der Waals surface area contributed by atoms with E-state index in [4.69, 9.17) is 4.74 Å². The van der Waals surface area contributed by atoms with Crippen LogP contribution in [0.3, 0.4) is 0 Å². The molecule has 1 aromatic rings. The van der Waals surface area contributed by atoms with Crippen molar-refractivity contribution < 1.29 is 4.74 Å². The molecule has 0 amide bonds. The van der Waals surface area contributed by atoms with Gasteiger partial charge in [0.05, 0.1) is 6.61 Å². The lowest BCUT2D eigenvalue weighted by Crippen LogP contribution is -2.07. The monoisotopic (exact) mass is 148 g/mol. The van der Waals surface area contributed by atoms with Crippen LogP contribution >= 0.6 is 0 Å². The summed E-state index contributed by atoms with van der Waals surface area (Å²) in [5.41, 5.74) is 2.70. The number of aryl methyl sites for hydroxylation is 2. The highest BCUT2D eigenvalue weighted by atomic mass is 16.5. The van der Waals surface area contributed by atoms with Gasteiger partial charge >= 0.3 is 0 Å². The largest absolute Gasteiger partial charge is 0.493 e. The van der Waals surface area contributed by atoms with Gasteiger partial charge in [-0.05, 0) is 31.4 Å². The molecule has 58 valence electrons. The van der Waals surface area contributed by atoms with Gasteiger partial charge in [0.1, 0.15) is 5.75 Å². The lowest BCUT2D eigenvalue weighted by Gasteiger charge is -2.16. The van der Waals surface area contributed by atoms with E-state index in [2.05, 4.69) is 25.1 Å². The maximum atomic E-state index is 5.48. The van der Waals surface area contributed by atoms with Crippen LogP contribution in [-0.2, 0) is 6.42 Å². The molecule has 11 heavy (non-hydrogen) atoms. The molecule has 0 atom stereocenters. The van der Waals surface area contributed by atoms with Gasteiger partial charge in [-0.15, -0.1) is 0 Å². The molecule has 0 saturated heterocycles. The van der Waals surface area contributed by atoms with E-state index in [0.717, 1.165) is 18.8 Å². The van der Waals surface area contributed by atoms with Crippen molar-refractivity contribution in [2.45, 2.75) is 19.8 Å². The minimum Gasteiger partial charge on any atom is -0.493 e. The van der Waals surface area contributed by atoms with Gasteiger partial charge in [-0.1, -0.05) is 17.7 Å². The quantitative estimate of drug-likeness (QED) is 0.548. The van der Waals surface area contributed by atoms with Gasteiger partial charge in [0, 0.05) is 0 Å². The zero-order chi connectivity index (χ0) is 7.68. The molecule has 1 heterocycles. The summed E-state index contributed by atoms with van der Waals surface area (Å²) in [6.07, 6.45) is 2.34. The first-order valence-corrected chi connectivity index (χ1v) is 4.08. The number of ether oxygens (including phenoxy) is 1. The number of fused-ring (bicyclic) bond motifs is 1. The molecule has 1 nitrogen and oxygen atoms in total. The van der Waals surface area contributed by atoms with E-state index in [0.29, 0.717) is 0 Å². The van der Waals surface area contributed by atoms with Crippen LogP contribution in [0.4, 0.5) is 0 Å². The van der Waals surface area contributed by atoms with E-state index in [1.807, 2.05) is 0 Å². The highest BCUT2D eigenvalue weighted by Crippen LogP contribution is 2.24. The molecule has 0 radical (unpaired) electrons. The Morgan fingerprint density at radius 1 is 1.36 bits per heavy atom. The van der Waals surface area contributed by atoms with E-state index >= 15 is 0 Å². The summed E-state index contributed by atoms with van der Waals surface area (Å²) in [7, 11) is 0. The molecule has 0 fully saturated rings. The van der Waals surface area contributed by atoms with Gasteiger partial charge in [-0.2, -0.15) is 0 Å². The molecule has 0 unspecified atom stereocenters. The second-order valence-electron chi connectivity index (χ2n) is 3.06. The summed E-state index contributed by atoms with van der Waals surface area (Å²) in [4.78, 5) is 0. The molecule has 0 aliphatic carbocycles. The number of hydrogen-bond donors (Lipinski definition) is 0. The molecule has 1 aliphatic heterocycles. The van der Waals surface area contributed by atoms with Crippen molar-refractivity contribution in [2.24, 2.45) is 0 Å². The van der Waals surface area contributed by atoms with Crippen LogP contribution in [0.1, 0.15) is 17.5 Å². The molecular weight excluding hydrogens is 136 g/mol. The number of hydrogen-bond acceptors (Lipinski definition) is 1. The smallest absolute Gasteiger partial charge is 0.122 e. The third-order valence-corrected chi connectivity index (χ3v) is 2.06. The average Bonchev–Trinajstić information content (AvgIpc) is 2.04. The highest BCUT2D eigenvalue weighted by Gasteiger charge is 2.08. The molecule has 2 rings (SSSR count). The first kappa shape index (κ1) is 6.71. The van der Waals surface area contributed by atoms with Crippen molar-refractivity contribution in [3.05, 3.63) is 29.3 Å². The summed E-state index contributed by atoms with van der Waals surface area (Å²) in [5.74, 6) is 1.09. The topological polar surface area (TPSA) is 9.23 Å². The van der Waals surface area contributed by atoms with Crippen LogP contribution in [0.2, 0.25) is 0 Å². The Labute approximate surface area is 67.0 Å². The van der Waals surface area contributed by atoms with Gasteiger partial charge in [0.2, 0.25) is 0 Å². The second kappa shape index (κ2) is 2.57. The normalized spacial score (nSPS) is 15.4. The van der Waals surface area contributed by atoms with E-state index in [1.54, 1.807) is 0 Å². The number of rotatable bonds is 0. The molecule has 1 aromatic carbocycles. The van der Waals surface area contributed by atoms with Gasteiger partial charge in [0.25, 0.3) is 0 Å². The molecule has 0 bridgehead atoms. The predicted molar refractivity (Wildman–Crippen MR) is 45.0 cm³/mol. The third-order valence-electron chi connectivity index (χ3n) is 2.06. The summed E-state index contributed by atoms with van der Waals surface area (Å²) >= 11 is 0. The van der Waals surface area contributed by atoms with Gasteiger partial charge in [0.15, 0.2) is 0 Å². The molecule has 0 saturated carbocycles. The molecular formula is C10H12O. The van der Waals surface area contributed by atoms with Gasteiger partial charge in [-0.3, -0.25) is 0 Å². The lowest BCUT2D eigenvalue weighted by atomic mass is 10.0. The SMILES string of the molecule is Cc1ccc2c(c1)CCCO2. The number of benzene rings is 1. The molecule has 0 N–H and O–H groups in total.